The van der Waals surface area contributed by atoms with Crippen molar-refractivity contribution in [3.05, 3.63) is 59.9 Å². The lowest BCUT2D eigenvalue weighted by atomic mass is 10.1. The first-order valence-corrected chi connectivity index (χ1v) is 13.8. The van der Waals surface area contributed by atoms with Gasteiger partial charge in [-0.1, -0.05) is 18.2 Å². The Balaban J connectivity index is 2.16. The zero-order valence-electron chi connectivity index (χ0n) is 21.5. The summed E-state index contributed by atoms with van der Waals surface area (Å²) in [5, 5.41) is 2.78. The van der Waals surface area contributed by atoms with Gasteiger partial charge in [-0.3, -0.25) is 13.9 Å². The minimum absolute atomic E-state index is 0.0171. The Hall–Kier alpha value is -3.14. The lowest BCUT2D eigenvalue weighted by Gasteiger charge is -2.30. The number of halogens is 1. The van der Waals surface area contributed by atoms with E-state index in [0.717, 1.165) is 6.26 Å². The summed E-state index contributed by atoms with van der Waals surface area (Å²) in [5.41, 5.74) is 0.753. The molecule has 36 heavy (non-hydrogen) atoms. The van der Waals surface area contributed by atoms with Gasteiger partial charge in [-0.15, -0.1) is 0 Å². The number of carbonyl (C=O) groups excluding carboxylic acids is 2. The molecule has 0 aromatic heterocycles. The number of carbonyl (C=O) groups is 2. The summed E-state index contributed by atoms with van der Waals surface area (Å²) < 4.78 is 45.8. The molecule has 0 aliphatic carbocycles. The van der Waals surface area contributed by atoms with E-state index in [9.17, 15) is 22.4 Å². The van der Waals surface area contributed by atoms with Crippen LogP contribution >= 0.6 is 0 Å². The SMILES string of the molecule is CCOc1ccc(N(CCCC(=O)N(Cc2ccccc2F)[C@H](C)C(=O)NC(C)C)S(C)(=O)=O)cc1. The standard InChI is InChI=1S/C26H36FN3O5S/c1-6-35-23-15-13-22(14-16-23)30(36(5,33)34)17-9-12-25(31)29(20(4)26(32)28-19(2)3)18-21-10-7-8-11-24(21)27/h7-8,10-11,13-16,19-20H,6,9,12,17-18H2,1-5H3,(H,28,32)/t20-/m1/s1. The Morgan fingerprint density at radius 3 is 2.25 bits per heavy atom. The Morgan fingerprint density at radius 2 is 1.69 bits per heavy atom. The maximum Gasteiger partial charge on any atom is 0.242 e. The second kappa shape index (κ2) is 13.2. The van der Waals surface area contributed by atoms with Gasteiger partial charge in [-0.05, 0) is 64.4 Å². The molecule has 0 unspecified atom stereocenters. The van der Waals surface area contributed by atoms with Gasteiger partial charge in [0.25, 0.3) is 0 Å². The first-order valence-electron chi connectivity index (χ1n) is 12.0. The molecule has 0 spiro atoms. The van der Waals surface area contributed by atoms with Crippen LogP contribution in [-0.4, -0.2) is 56.6 Å². The van der Waals surface area contributed by atoms with Gasteiger partial charge >= 0.3 is 0 Å². The van der Waals surface area contributed by atoms with Crippen molar-refractivity contribution in [3.63, 3.8) is 0 Å². The first kappa shape index (κ1) is 29.1. The van der Waals surface area contributed by atoms with E-state index in [-0.39, 0.29) is 43.8 Å². The lowest BCUT2D eigenvalue weighted by molar-refractivity contribution is -0.140. The highest BCUT2D eigenvalue weighted by atomic mass is 32.2. The van der Waals surface area contributed by atoms with Crippen molar-refractivity contribution in [2.24, 2.45) is 0 Å². The van der Waals surface area contributed by atoms with E-state index in [1.165, 1.54) is 15.3 Å². The van der Waals surface area contributed by atoms with E-state index in [0.29, 0.717) is 23.6 Å². The fourth-order valence-corrected chi connectivity index (χ4v) is 4.64. The highest BCUT2D eigenvalue weighted by Gasteiger charge is 2.27. The molecule has 0 saturated carbocycles. The van der Waals surface area contributed by atoms with Gasteiger partial charge in [0, 0.05) is 31.1 Å². The maximum atomic E-state index is 14.3. The third kappa shape index (κ3) is 8.51. The molecule has 8 nitrogen and oxygen atoms in total. The van der Waals surface area contributed by atoms with Crippen LogP contribution in [0, 0.1) is 5.82 Å². The number of amides is 2. The van der Waals surface area contributed by atoms with E-state index in [1.54, 1.807) is 49.4 Å². The average Bonchev–Trinajstić information content (AvgIpc) is 2.80. The molecule has 0 bridgehead atoms. The third-order valence-electron chi connectivity index (χ3n) is 5.48. The molecule has 2 rings (SSSR count). The van der Waals surface area contributed by atoms with Crippen LogP contribution in [0.3, 0.4) is 0 Å². The topological polar surface area (TPSA) is 96.0 Å². The number of ether oxygens (including phenoxy) is 1. The van der Waals surface area contributed by atoms with Gasteiger partial charge < -0.3 is 15.0 Å². The van der Waals surface area contributed by atoms with Crippen LogP contribution in [0.4, 0.5) is 10.1 Å². The van der Waals surface area contributed by atoms with Crippen LogP contribution in [0.1, 0.15) is 46.1 Å². The van der Waals surface area contributed by atoms with Crippen LogP contribution in [0.5, 0.6) is 5.75 Å². The monoisotopic (exact) mass is 521 g/mol. The van der Waals surface area contributed by atoms with Crippen molar-refractivity contribution in [2.45, 2.75) is 59.2 Å². The predicted molar refractivity (Wildman–Crippen MR) is 139 cm³/mol. The summed E-state index contributed by atoms with van der Waals surface area (Å²) in [6, 6.07) is 11.8. The summed E-state index contributed by atoms with van der Waals surface area (Å²) >= 11 is 0. The van der Waals surface area contributed by atoms with Crippen LogP contribution in [-0.2, 0) is 26.2 Å². The van der Waals surface area contributed by atoms with Crippen LogP contribution in [0.2, 0.25) is 0 Å². The zero-order valence-corrected chi connectivity index (χ0v) is 22.3. The number of sulfonamides is 1. The van der Waals surface area contributed by atoms with Gasteiger partial charge in [-0.2, -0.15) is 0 Å². The molecule has 0 fully saturated rings. The van der Waals surface area contributed by atoms with Crippen LogP contribution < -0.4 is 14.4 Å². The van der Waals surface area contributed by atoms with E-state index < -0.39 is 21.9 Å². The van der Waals surface area contributed by atoms with E-state index in [1.807, 2.05) is 20.8 Å². The number of hydrogen-bond donors (Lipinski definition) is 1. The van der Waals surface area contributed by atoms with Gasteiger partial charge in [0.15, 0.2) is 0 Å². The van der Waals surface area contributed by atoms with Gasteiger partial charge in [-0.25, -0.2) is 12.8 Å². The van der Waals surface area contributed by atoms with Crippen molar-refractivity contribution < 1.29 is 27.1 Å². The molecule has 1 N–H and O–H groups in total. The van der Waals surface area contributed by atoms with Crippen molar-refractivity contribution in [1.82, 2.24) is 10.2 Å². The van der Waals surface area contributed by atoms with Crippen LogP contribution in [0.15, 0.2) is 48.5 Å². The zero-order chi connectivity index (χ0) is 26.9. The maximum absolute atomic E-state index is 14.3. The molecule has 1 atom stereocenters. The summed E-state index contributed by atoms with van der Waals surface area (Å²) in [6.45, 7) is 7.57. The largest absolute Gasteiger partial charge is 0.494 e. The van der Waals surface area contributed by atoms with Gasteiger partial charge in [0.2, 0.25) is 21.8 Å². The minimum Gasteiger partial charge on any atom is -0.494 e. The average molecular weight is 522 g/mol. The summed E-state index contributed by atoms with van der Waals surface area (Å²) in [7, 11) is -3.60. The molecule has 0 saturated heterocycles. The second-order valence-electron chi connectivity index (χ2n) is 8.82. The van der Waals surface area contributed by atoms with E-state index in [4.69, 9.17) is 4.74 Å². The Morgan fingerprint density at radius 1 is 1.06 bits per heavy atom. The predicted octanol–water partition coefficient (Wildman–Crippen LogP) is 3.71. The van der Waals surface area contributed by atoms with Gasteiger partial charge in [0.05, 0.1) is 18.6 Å². The molecule has 0 aliphatic rings. The van der Waals surface area contributed by atoms with E-state index >= 15 is 0 Å². The molecular formula is C26H36FN3O5S. The number of rotatable bonds is 13. The normalized spacial score (nSPS) is 12.2. The Bertz CT molecular complexity index is 1120. The molecule has 0 heterocycles. The quantitative estimate of drug-likeness (QED) is 0.434. The van der Waals surface area contributed by atoms with Crippen molar-refractivity contribution >= 4 is 27.5 Å². The molecule has 2 aromatic carbocycles. The third-order valence-corrected chi connectivity index (χ3v) is 6.68. The fourth-order valence-electron chi connectivity index (χ4n) is 3.68. The summed E-state index contributed by atoms with van der Waals surface area (Å²) in [5.74, 6) is -0.556. The molecular weight excluding hydrogens is 485 g/mol. The Kier molecular flexibility index (Phi) is 10.7. The molecule has 0 radical (unpaired) electrons. The lowest BCUT2D eigenvalue weighted by Crippen LogP contribution is -2.49. The summed E-state index contributed by atoms with van der Waals surface area (Å²) in [6.07, 6.45) is 1.30. The first-order chi connectivity index (χ1) is 16.9. The molecule has 10 heteroatoms. The van der Waals surface area contributed by atoms with Gasteiger partial charge in [0.1, 0.15) is 17.6 Å². The number of anilines is 1. The number of nitrogens with zero attached hydrogens (tertiary/aromatic N) is 2. The number of nitrogens with one attached hydrogen (secondary N) is 1. The highest BCUT2D eigenvalue weighted by molar-refractivity contribution is 7.92. The molecule has 2 aromatic rings. The van der Waals surface area contributed by atoms with Crippen LogP contribution in [0.25, 0.3) is 0 Å². The fraction of sp³-hybridized carbons (Fsp3) is 0.462. The summed E-state index contributed by atoms with van der Waals surface area (Å²) in [4.78, 5) is 27.2. The minimum atomic E-state index is -3.60. The molecule has 198 valence electrons. The highest BCUT2D eigenvalue weighted by Crippen LogP contribution is 2.23. The van der Waals surface area contributed by atoms with Crippen molar-refractivity contribution in [1.29, 1.82) is 0 Å². The van der Waals surface area contributed by atoms with Crippen molar-refractivity contribution in [3.8, 4) is 5.75 Å². The molecule has 2 amide bonds. The van der Waals surface area contributed by atoms with Crippen molar-refractivity contribution in [2.75, 3.05) is 23.7 Å². The second-order valence-corrected chi connectivity index (χ2v) is 10.7. The number of benzene rings is 2. The smallest absolute Gasteiger partial charge is 0.242 e. The number of hydrogen-bond acceptors (Lipinski definition) is 5. The molecule has 0 aliphatic heterocycles. The Labute approximate surface area is 213 Å². The van der Waals surface area contributed by atoms with E-state index in [2.05, 4.69) is 5.32 Å².